The van der Waals surface area contributed by atoms with Crippen LogP contribution in [0.3, 0.4) is 0 Å². The molecule has 0 aromatic heterocycles. The lowest BCUT2D eigenvalue weighted by Gasteiger charge is -2.09. The van der Waals surface area contributed by atoms with Crippen molar-refractivity contribution in [1.82, 2.24) is 0 Å². The Kier molecular flexibility index (Phi) is 6.34. The molecule has 0 aliphatic carbocycles. The molecule has 0 atom stereocenters. The molecule has 0 bridgehead atoms. The van der Waals surface area contributed by atoms with Crippen LogP contribution in [0.5, 0.6) is 17.2 Å². The largest absolute Gasteiger partial charge is 0.497 e. The van der Waals surface area contributed by atoms with Crippen molar-refractivity contribution >= 4 is 35.4 Å². The van der Waals surface area contributed by atoms with Gasteiger partial charge in [-0.15, -0.1) is 0 Å². The normalized spacial score (nSPS) is 13.9. The zero-order chi connectivity index (χ0) is 23.4. The molecular weight excluding hydrogens is 422 g/mol. The molecule has 0 fully saturated rings. The summed E-state index contributed by atoms with van der Waals surface area (Å²) in [6.45, 7) is 2.21. The molecule has 0 saturated heterocycles. The molecule has 1 heterocycles. The van der Waals surface area contributed by atoms with Crippen molar-refractivity contribution in [3.8, 4) is 17.2 Å². The topological polar surface area (TPSA) is 131 Å². The van der Waals surface area contributed by atoms with E-state index < -0.39 is 34.3 Å². The van der Waals surface area contributed by atoms with Gasteiger partial charge in [0.15, 0.2) is 0 Å². The molecule has 1 aliphatic rings. The molecule has 0 N–H and O–H groups in total. The van der Waals surface area contributed by atoms with Crippen LogP contribution in [0.4, 0.5) is 5.69 Å². The minimum absolute atomic E-state index is 0.0435. The fourth-order valence-electron chi connectivity index (χ4n) is 2.86. The van der Waals surface area contributed by atoms with Gasteiger partial charge in [0.1, 0.15) is 17.3 Å². The Bertz CT molecular complexity index is 1180. The van der Waals surface area contributed by atoms with E-state index in [4.69, 9.17) is 18.9 Å². The molecular formula is C22H17NO9. The number of benzene rings is 2. The summed E-state index contributed by atoms with van der Waals surface area (Å²) in [6.07, 6.45) is 2.73. The highest BCUT2D eigenvalue weighted by molar-refractivity contribution is 6.05. The summed E-state index contributed by atoms with van der Waals surface area (Å²) < 4.78 is 20.3. The number of esters is 3. The van der Waals surface area contributed by atoms with Crippen LogP contribution >= 0.6 is 0 Å². The van der Waals surface area contributed by atoms with Crippen molar-refractivity contribution in [3.63, 3.8) is 0 Å². The first kappa shape index (κ1) is 22.2. The van der Waals surface area contributed by atoms with Gasteiger partial charge in [0.25, 0.3) is 0 Å². The monoisotopic (exact) mass is 439 g/mol. The number of nitrogens with zero attached hydrogens (tertiary/aromatic N) is 1. The smallest absolute Gasteiger partial charge is 0.343 e. The first-order chi connectivity index (χ1) is 15.2. The van der Waals surface area contributed by atoms with E-state index >= 15 is 0 Å². The maximum atomic E-state index is 12.4. The van der Waals surface area contributed by atoms with Crippen molar-refractivity contribution in [3.05, 3.63) is 69.3 Å². The number of rotatable bonds is 6. The summed E-state index contributed by atoms with van der Waals surface area (Å²) in [6, 6.07) is 8.87. The van der Waals surface area contributed by atoms with Gasteiger partial charge in [0.2, 0.25) is 5.75 Å². The highest BCUT2D eigenvalue weighted by Gasteiger charge is 2.26. The number of methoxy groups -OCH3 is 1. The average Bonchev–Trinajstić information content (AvgIpc) is 3.09. The van der Waals surface area contributed by atoms with Crippen LogP contribution in [0.15, 0.2) is 48.0 Å². The van der Waals surface area contributed by atoms with Crippen molar-refractivity contribution in [2.75, 3.05) is 7.11 Å². The summed E-state index contributed by atoms with van der Waals surface area (Å²) >= 11 is 0. The number of ether oxygens (including phenoxy) is 4. The molecule has 0 saturated carbocycles. The van der Waals surface area contributed by atoms with Crippen LogP contribution in [-0.2, 0) is 19.1 Å². The van der Waals surface area contributed by atoms with E-state index in [0.29, 0.717) is 11.3 Å². The zero-order valence-corrected chi connectivity index (χ0v) is 17.2. The minimum Gasteiger partial charge on any atom is -0.497 e. The van der Waals surface area contributed by atoms with Gasteiger partial charge in [-0.2, -0.15) is 0 Å². The molecule has 164 valence electrons. The second-order valence-electron chi connectivity index (χ2n) is 6.53. The molecule has 32 heavy (non-hydrogen) atoms. The summed E-state index contributed by atoms with van der Waals surface area (Å²) in [5, 5.41) is 11.5. The van der Waals surface area contributed by atoms with Gasteiger partial charge in [0.05, 0.1) is 17.6 Å². The second kappa shape index (κ2) is 9.13. The Labute approximate surface area is 181 Å². The Morgan fingerprint density at radius 3 is 2.22 bits per heavy atom. The highest BCUT2D eigenvalue weighted by atomic mass is 16.6. The maximum Gasteiger partial charge on any atom is 0.343 e. The Hall–Kier alpha value is -4.47. The molecule has 10 nitrogen and oxygen atoms in total. The molecule has 10 heteroatoms. The summed E-state index contributed by atoms with van der Waals surface area (Å²) in [4.78, 5) is 45.9. The number of carbonyl (C=O) groups excluding carboxylic acids is 3. The lowest BCUT2D eigenvalue weighted by atomic mass is 10.1. The average molecular weight is 439 g/mol. The van der Waals surface area contributed by atoms with Gasteiger partial charge >= 0.3 is 23.6 Å². The SMILES string of the molecule is COc1ccc(C2=C/C(=C\c3cc([N+](=O)[O-])c(OC(C)=O)cc3OC(C)=O)C(=O)O2)cc1. The second-order valence-corrected chi connectivity index (χ2v) is 6.53. The number of nitro groups is 1. The van der Waals surface area contributed by atoms with Crippen LogP contribution < -0.4 is 14.2 Å². The van der Waals surface area contributed by atoms with E-state index in [1.54, 1.807) is 24.3 Å². The number of nitro benzene ring substituents is 1. The van der Waals surface area contributed by atoms with Gasteiger partial charge in [-0.05, 0) is 36.4 Å². The minimum atomic E-state index is -0.792. The Morgan fingerprint density at radius 2 is 1.66 bits per heavy atom. The number of hydrogen-bond donors (Lipinski definition) is 0. The van der Waals surface area contributed by atoms with Gasteiger partial charge in [-0.25, -0.2) is 4.79 Å². The van der Waals surface area contributed by atoms with E-state index in [9.17, 15) is 24.5 Å². The molecule has 0 radical (unpaired) electrons. The first-order valence-electron chi connectivity index (χ1n) is 9.17. The standard InChI is InChI=1S/C22H17NO9/c1-12(24)30-20-11-21(31-13(2)25)18(23(27)28)9-15(20)8-16-10-19(32-22(16)26)14-4-6-17(29-3)7-5-14/h4-11H,1-3H3/b16-8+. The Morgan fingerprint density at radius 1 is 1.03 bits per heavy atom. The lowest BCUT2D eigenvalue weighted by molar-refractivity contribution is -0.385. The third-order valence-corrected chi connectivity index (χ3v) is 4.21. The third-order valence-electron chi connectivity index (χ3n) is 4.21. The Balaban J connectivity index is 2.08. The van der Waals surface area contributed by atoms with Crippen LogP contribution in [0, 0.1) is 10.1 Å². The highest BCUT2D eigenvalue weighted by Crippen LogP contribution is 2.37. The van der Waals surface area contributed by atoms with E-state index in [2.05, 4.69) is 0 Å². The van der Waals surface area contributed by atoms with E-state index in [0.717, 1.165) is 26.0 Å². The van der Waals surface area contributed by atoms with E-state index in [1.165, 1.54) is 19.3 Å². The van der Waals surface area contributed by atoms with Crippen LogP contribution in [0.2, 0.25) is 0 Å². The van der Waals surface area contributed by atoms with Crippen LogP contribution in [-0.4, -0.2) is 29.9 Å². The first-order valence-corrected chi connectivity index (χ1v) is 9.17. The maximum absolute atomic E-state index is 12.4. The lowest BCUT2D eigenvalue weighted by Crippen LogP contribution is -2.08. The number of carbonyl (C=O) groups is 3. The molecule has 0 unspecified atom stereocenters. The molecule has 0 amide bonds. The molecule has 1 aliphatic heterocycles. The number of hydrogen-bond acceptors (Lipinski definition) is 9. The summed E-state index contributed by atoms with van der Waals surface area (Å²) in [5.41, 5.74) is 0.174. The van der Waals surface area contributed by atoms with Crippen molar-refractivity contribution in [2.45, 2.75) is 13.8 Å². The predicted octanol–water partition coefficient (Wildman–Crippen LogP) is 3.44. The van der Waals surface area contributed by atoms with Gasteiger partial charge in [0, 0.05) is 37.1 Å². The van der Waals surface area contributed by atoms with Crippen molar-refractivity contribution in [2.24, 2.45) is 0 Å². The van der Waals surface area contributed by atoms with Gasteiger partial charge in [-0.1, -0.05) is 0 Å². The van der Waals surface area contributed by atoms with E-state index in [1.807, 2.05) is 0 Å². The molecule has 2 aromatic carbocycles. The quantitative estimate of drug-likeness (QED) is 0.218. The predicted molar refractivity (Wildman–Crippen MR) is 111 cm³/mol. The zero-order valence-electron chi connectivity index (χ0n) is 17.2. The molecule has 2 aromatic rings. The molecule has 3 rings (SSSR count). The van der Waals surface area contributed by atoms with E-state index in [-0.39, 0.29) is 22.6 Å². The van der Waals surface area contributed by atoms with Crippen LogP contribution in [0.1, 0.15) is 25.0 Å². The van der Waals surface area contributed by atoms with Gasteiger partial charge < -0.3 is 18.9 Å². The molecule has 0 spiro atoms. The van der Waals surface area contributed by atoms with Gasteiger partial charge in [-0.3, -0.25) is 19.7 Å². The fourth-order valence-corrected chi connectivity index (χ4v) is 2.86. The van der Waals surface area contributed by atoms with Crippen molar-refractivity contribution in [1.29, 1.82) is 0 Å². The fraction of sp³-hybridized carbons (Fsp3) is 0.136. The van der Waals surface area contributed by atoms with Crippen LogP contribution in [0.25, 0.3) is 11.8 Å². The number of cyclic esters (lactones) is 1. The third kappa shape index (κ3) is 4.98. The van der Waals surface area contributed by atoms with Crippen molar-refractivity contribution < 1.29 is 38.3 Å². The summed E-state index contributed by atoms with van der Waals surface area (Å²) in [5.74, 6) is -1.84. The summed E-state index contributed by atoms with van der Waals surface area (Å²) in [7, 11) is 1.53.